The van der Waals surface area contributed by atoms with Crippen LogP contribution in [0.4, 0.5) is 11.4 Å². The summed E-state index contributed by atoms with van der Waals surface area (Å²) in [6.45, 7) is 5.61. The van der Waals surface area contributed by atoms with Crippen LogP contribution in [0.25, 0.3) is 0 Å². The Morgan fingerprint density at radius 1 is 1.19 bits per heavy atom. The first-order valence-corrected chi connectivity index (χ1v) is 6.86. The van der Waals surface area contributed by atoms with Crippen molar-refractivity contribution in [3.8, 4) is 5.75 Å². The third-order valence-corrected chi connectivity index (χ3v) is 3.18. The maximum absolute atomic E-state index is 12.2. The van der Waals surface area contributed by atoms with Crippen LogP contribution < -0.4 is 15.8 Å². The number of anilines is 2. The first kappa shape index (κ1) is 14.9. The Morgan fingerprint density at radius 3 is 2.62 bits per heavy atom. The van der Waals surface area contributed by atoms with Gasteiger partial charge in [0, 0.05) is 11.4 Å². The van der Waals surface area contributed by atoms with Gasteiger partial charge in [-0.3, -0.25) is 4.79 Å². The third kappa shape index (κ3) is 3.99. The summed E-state index contributed by atoms with van der Waals surface area (Å²) in [5.74, 6) is 0.496. The van der Waals surface area contributed by atoms with Crippen molar-refractivity contribution in [1.82, 2.24) is 0 Å². The van der Waals surface area contributed by atoms with E-state index in [1.165, 1.54) is 0 Å². The highest BCUT2D eigenvalue weighted by Crippen LogP contribution is 2.19. The van der Waals surface area contributed by atoms with Gasteiger partial charge in [-0.2, -0.15) is 0 Å². The molecule has 0 saturated carbocycles. The van der Waals surface area contributed by atoms with Crippen molar-refractivity contribution in [2.45, 2.75) is 26.9 Å². The van der Waals surface area contributed by atoms with Gasteiger partial charge >= 0.3 is 0 Å². The Balaban J connectivity index is 2.02. The number of carbonyl (C=O) groups is 1. The van der Waals surface area contributed by atoms with Crippen LogP contribution in [-0.2, 0) is 4.79 Å². The highest BCUT2D eigenvalue weighted by molar-refractivity contribution is 5.94. The number of nitrogens with one attached hydrogen (secondary N) is 1. The maximum atomic E-state index is 12.2. The molecule has 0 saturated heterocycles. The monoisotopic (exact) mass is 284 g/mol. The highest BCUT2D eigenvalue weighted by atomic mass is 16.5. The van der Waals surface area contributed by atoms with Crippen molar-refractivity contribution in [1.29, 1.82) is 0 Å². The van der Waals surface area contributed by atoms with E-state index in [4.69, 9.17) is 10.5 Å². The topological polar surface area (TPSA) is 64.3 Å². The molecule has 0 fully saturated rings. The predicted molar refractivity (Wildman–Crippen MR) is 85.5 cm³/mol. The molecule has 4 heteroatoms. The zero-order chi connectivity index (χ0) is 15.4. The normalized spacial score (nSPS) is 11.8. The second-order valence-electron chi connectivity index (χ2n) is 5.14. The van der Waals surface area contributed by atoms with Gasteiger partial charge in [0.25, 0.3) is 5.91 Å². The van der Waals surface area contributed by atoms with Crippen molar-refractivity contribution in [3.05, 3.63) is 53.6 Å². The number of carbonyl (C=O) groups excluding carboxylic acids is 1. The molecule has 2 aromatic carbocycles. The van der Waals surface area contributed by atoms with E-state index in [0.717, 1.165) is 16.8 Å². The molecule has 110 valence electrons. The number of benzene rings is 2. The minimum Gasteiger partial charge on any atom is -0.481 e. The van der Waals surface area contributed by atoms with Gasteiger partial charge in [-0.25, -0.2) is 0 Å². The molecule has 1 atom stereocenters. The van der Waals surface area contributed by atoms with Gasteiger partial charge in [-0.05, 0) is 62.2 Å². The number of hydrogen-bond donors (Lipinski definition) is 2. The molecule has 0 heterocycles. The summed E-state index contributed by atoms with van der Waals surface area (Å²) < 4.78 is 5.66. The average Bonchev–Trinajstić information content (AvgIpc) is 2.41. The fourth-order valence-electron chi connectivity index (χ4n) is 2.01. The molecule has 1 amide bonds. The molecule has 0 bridgehead atoms. The summed E-state index contributed by atoms with van der Waals surface area (Å²) in [7, 11) is 0. The molecule has 0 radical (unpaired) electrons. The molecule has 1 unspecified atom stereocenters. The largest absolute Gasteiger partial charge is 0.481 e. The minimum absolute atomic E-state index is 0.190. The van der Waals surface area contributed by atoms with Gasteiger partial charge in [-0.1, -0.05) is 12.1 Å². The maximum Gasteiger partial charge on any atom is 0.265 e. The molecule has 21 heavy (non-hydrogen) atoms. The first-order chi connectivity index (χ1) is 9.95. The summed E-state index contributed by atoms with van der Waals surface area (Å²) in [4.78, 5) is 12.2. The Bertz CT molecular complexity index is 653. The molecule has 2 aromatic rings. The Hall–Kier alpha value is -2.49. The summed E-state index contributed by atoms with van der Waals surface area (Å²) >= 11 is 0. The lowest BCUT2D eigenvalue weighted by atomic mass is 10.1. The van der Waals surface area contributed by atoms with Crippen LogP contribution in [0.1, 0.15) is 18.1 Å². The zero-order valence-corrected chi connectivity index (χ0v) is 12.5. The van der Waals surface area contributed by atoms with Crippen LogP contribution in [0, 0.1) is 13.8 Å². The van der Waals surface area contributed by atoms with Crippen LogP contribution >= 0.6 is 0 Å². The van der Waals surface area contributed by atoms with E-state index in [1.807, 2.05) is 44.2 Å². The van der Waals surface area contributed by atoms with E-state index in [-0.39, 0.29) is 5.91 Å². The lowest BCUT2D eigenvalue weighted by Gasteiger charge is -2.16. The summed E-state index contributed by atoms with van der Waals surface area (Å²) in [6, 6.07) is 13.0. The first-order valence-electron chi connectivity index (χ1n) is 6.86. The number of rotatable bonds is 4. The van der Waals surface area contributed by atoms with E-state index in [0.29, 0.717) is 11.4 Å². The van der Waals surface area contributed by atoms with Crippen molar-refractivity contribution in [2.24, 2.45) is 0 Å². The van der Waals surface area contributed by atoms with Gasteiger partial charge in [0.15, 0.2) is 6.10 Å². The van der Waals surface area contributed by atoms with Crippen molar-refractivity contribution in [2.75, 3.05) is 11.1 Å². The SMILES string of the molecule is Cc1cccc(OC(C)C(=O)Nc2ccc(N)cc2C)c1. The van der Waals surface area contributed by atoms with Crippen molar-refractivity contribution < 1.29 is 9.53 Å². The van der Waals surface area contributed by atoms with Crippen LogP contribution in [0.15, 0.2) is 42.5 Å². The number of nitrogen functional groups attached to an aromatic ring is 1. The van der Waals surface area contributed by atoms with Crippen LogP contribution in [-0.4, -0.2) is 12.0 Å². The van der Waals surface area contributed by atoms with Gasteiger partial charge in [0.1, 0.15) is 5.75 Å². The van der Waals surface area contributed by atoms with Crippen LogP contribution in [0.2, 0.25) is 0 Å². The Morgan fingerprint density at radius 2 is 1.95 bits per heavy atom. The number of nitrogens with two attached hydrogens (primary N) is 1. The lowest BCUT2D eigenvalue weighted by molar-refractivity contribution is -0.122. The summed E-state index contributed by atoms with van der Waals surface area (Å²) in [6.07, 6.45) is -0.580. The van der Waals surface area contributed by atoms with E-state index in [1.54, 1.807) is 19.1 Å². The molecule has 4 nitrogen and oxygen atoms in total. The van der Waals surface area contributed by atoms with Gasteiger partial charge in [-0.15, -0.1) is 0 Å². The lowest BCUT2D eigenvalue weighted by Crippen LogP contribution is -2.30. The molecular weight excluding hydrogens is 264 g/mol. The molecule has 0 aliphatic rings. The van der Waals surface area contributed by atoms with Crippen LogP contribution in [0.5, 0.6) is 5.75 Å². The highest BCUT2D eigenvalue weighted by Gasteiger charge is 2.15. The molecule has 2 rings (SSSR count). The van der Waals surface area contributed by atoms with Crippen LogP contribution in [0.3, 0.4) is 0 Å². The zero-order valence-electron chi connectivity index (χ0n) is 12.5. The smallest absolute Gasteiger partial charge is 0.265 e. The molecule has 0 aromatic heterocycles. The number of amides is 1. The number of hydrogen-bond acceptors (Lipinski definition) is 3. The minimum atomic E-state index is -0.580. The molecular formula is C17H20N2O2. The number of ether oxygens (including phenoxy) is 1. The molecule has 3 N–H and O–H groups in total. The average molecular weight is 284 g/mol. The second-order valence-corrected chi connectivity index (χ2v) is 5.14. The van der Waals surface area contributed by atoms with E-state index in [2.05, 4.69) is 5.32 Å². The quantitative estimate of drug-likeness (QED) is 0.847. The van der Waals surface area contributed by atoms with Crippen molar-refractivity contribution in [3.63, 3.8) is 0 Å². The predicted octanol–water partition coefficient (Wildman–Crippen LogP) is 3.29. The fraction of sp³-hybridized carbons (Fsp3) is 0.235. The summed E-state index contributed by atoms with van der Waals surface area (Å²) in [5, 5.41) is 2.85. The fourth-order valence-corrected chi connectivity index (χ4v) is 2.01. The Labute approximate surface area is 124 Å². The van der Waals surface area contributed by atoms with Gasteiger partial charge in [0.2, 0.25) is 0 Å². The second kappa shape index (κ2) is 6.31. The summed E-state index contributed by atoms with van der Waals surface area (Å²) in [5.41, 5.74) is 9.13. The van der Waals surface area contributed by atoms with Gasteiger partial charge < -0.3 is 15.8 Å². The van der Waals surface area contributed by atoms with Crippen molar-refractivity contribution >= 4 is 17.3 Å². The molecule has 0 aliphatic carbocycles. The van der Waals surface area contributed by atoms with E-state index < -0.39 is 6.10 Å². The molecule has 0 aliphatic heterocycles. The Kier molecular flexibility index (Phi) is 4.48. The number of aryl methyl sites for hydroxylation is 2. The van der Waals surface area contributed by atoms with E-state index in [9.17, 15) is 4.79 Å². The van der Waals surface area contributed by atoms with Gasteiger partial charge in [0.05, 0.1) is 0 Å². The van der Waals surface area contributed by atoms with E-state index >= 15 is 0 Å². The molecule has 0 spiro atoms. The third-order valence-electron chi connectivity index (χ3n) is 3.18. The standard InChI is InChI=1S/C17H20N2O2/c1-11-5-4-6-15(9-11)21-13(3)17(20)19-16-8-7-14(18)10-12(16)2/h4-10,13H,18H2,1-3H3,(H,19,20).